The lowest BCUT2D eigenvalue weighted by molar-refractivity contribution is -0.121. The number of carbonyl (C=O) groups is 1. The third-order valence-corrected chi connectivity index (χ3v) is 8.00. The number of methoxy groups -OCH3 is 2. The van der Waals surface area contributed by atoms with Crippen LogP contribution in [0.15, 0.2) is 47.4 Å². The van der Waals surface area contributed by atoms with Gasteiger partial charge in [-0.2, -0.15) is 4.31 Å². The van der Waals surface area contributed by atoms with Gasteiger partial charge in [-0.15, -0.1) is 0 Å². The Kier molecular flexibility index (Phi) is 8.74. The number of aryl methyl sites for hydroxylation is 1. The van der Waals surface area contributed by atoms with Crippen LogP contribution in [0.3, 0.4) is 0 Å². The predicted molar refractivity (Wildman–Crippen MR) is 128 cm³/mol. The highest BCUT2D eigenvalue weighted by atomic mass is 32.2. The summed E-state index contributed by atoms with van der Waals surface area (Å²) in [7, 11) is -0.835. The molecule has 1 aliphatic rings. The molecule has 1 fully saturated rings. The second kappa shape index (κ2) is 11.5. The van der Waals surface area contributed by atoms with E-state index in [1.165, 1.54) is 11.4 Å². The summed E-state index contributed by atoms with van der Waals surface area (Å²) in [5.74, 6) is 0.772. The van der Waals surface area contributed by atoms with Crippen molar-refractivity contribution in [2.45, 2.75) is 56.4 Å². The van der Waals surface area contributed by atoms with Crippen molar-refractivity contribution < 1.29 is 22.7 Å². The minimum Gasteiger partial charge on any atom is -0.497 e. The maximum Gasteiger partial charge on any atom is 0.247 e. The average Bonchev–Trinajstić information content (AvgIpc) is 2.83. The van der Waals surface area contributed by atoms with Gasteiger partial charge in [-0.05, 0) is 61.6 Å². The number of hydrogen-bond donors (Lipinski definition) is 1. The van der Waals surface area contributed by atoms with Crippen LogP contribution in [0.1, 0.15) is 43.2 Å². The summed E-state index contributed by atoms with van der Waals surface area (Å²) in [5.41, 5.74) is 1.89. The van der Waals surface area contributed by atoms with E-state index in [-0.39, 0.29) is 23.4 Å². The second-order valence-electron chi connectivity index (χ2n) is 8.44. The Morgan fingerprint density at radius 3 is 2.36 bits per heavy atom. The summed E-state index contributed by atoms with van der Waals surface area (Å²) >= 11 is 0. The molecule has 0 atom stereocenters. The number of hydrogen-bond acceptors (Lipinski definition) is 5. The molecular weight excluding hydrogens is 440 g/mol. The van der Waals surface area contributed by atoms with Gasteiger partial charge in [0.1, 0.15) is 16.4 Å². The maximum absolute atomic E-state index is 13.7. The smallest absolute Gasteiger partial charge is 0.247 e. The van der Waals surface area contributed by atoms with Crippen LogP contribution in [-0.2, 0) is 21.2 Å². The molecule has 2 aromatic rings. The number of ether oxygens (including phenoxy) is 2. The van der Waals surface area contributed by atoms with Gasteiger partial charge in [0, 0.05) is 12.6 Å². The molecule has 180 valence electrons. The first-order valence-corrected chi connectivity index (χ1v) is 12.8. The molecule has 1 saturated carbocycles. The Hall–Kier alpha value is -2.58. The molecule has 0 saturated heterocycles. The molecule has 1 N–H and O–H groups in total. The first kappa shape index (κ1) is 25.1. The van der Waals surface area contributed by atoms with Crippen molar-refractivity contribution in [3.63, 3.8) is 0 Å². The van der Waals surface area contributed by atoms with E-state index in [4.69, 9.17) is 9.47 Å². The van der Waals surface area contributed by atoms with Crippen LogP contribution in [0.25, 0.3) is 0 Å². The Labute approximate surface area is 197 Å². The van der Waals surface area contributed by atoms with Gasteiger partial charge in [0.05, 0.1) is 20.8 Å². The SMILES string of the molecule is COc1ccc(CCNC(=O)CN(C2CCCCC2)S(=O)(=O)c2cc(C)ccc2OC)cc1. The Balaban J connectivity index is 1.73. The fourth-order valence-corrected chi connectivity index (χ4v) is 6.11. The fraction of sp³-hybridized carbons (Fsp3) is 0.480. The van der Waals surface area contributed by atoms with E-state index < -0.39 is 10.0 Å². The first-order chi connectivity index (χ1) is 15.8. The molecule has 0 aliphatic heterocycles. The van der Waals surface area contributed by atoms with E-state index in [0.717, 1.165) is 49.0 Å². The van der Waals surface area contributed by atoms with Crippen LogP contribution in [0.5, 0.6) is 11.5 Å². The first-order valence-electron chi connectivity index (χ1n) is 11.4. The quantitative estimate of drug-likeness (QED) is 0.568. The van der Waals surface area contributed by atoms with Gasteiger partial charge < -0.3 is 14.8 Å². The third-order valence-electron chi connectivity index (χ3n) is 6.08. The van der Waals surface area contributed by atoms with Gasteiger partial charge in [0.25, 0.3) is 0 Å². The normalized spacial score (nSPS) is 14.8. The molecule has 7 nitrogen and oxygen atoms in total. The summed E-state index contributed by atoms with van der Waals surface area (Å²) < 4.78 is 39.3. The lowest BCUT2D eigenvalue weighted by atomic mass is 9.95. The summed E-state index contributed by atoms with van der Waals surface area (Å²) in [6.45, 7) is 2.07. The van der Waals surface area contributed by atoms with Gasteiger partial charge in [0.15, 0.2) is 0 Å². The molecule has 0 aromatic heterocycles. The largest absolute Gasteiger partial charge is 0.497 e. The van der Waals surface area contributed by atoms with Crippen LogP contribution in [0.2, 0.25) is 0 Å². The molecule has 0 bridgehead atoms. The molecule has 3 rings (SSSR count). The standard InChI is InChI=1S/C25H34N2O5S/c1-19-9-14-23(32-3)24(17-19)33(29,30)27(21-7-5-4-6-8-21)18-25(28)26-16-15-20-10-12-22(31-2)13-11-20/h9-14,17,21H,4-8,15-16,18H2,1-3H3,(H,26,28). The van der Waals surface area contributed by atoms with Crippen LogP contribution in [0, 0.1) is 6.92 Å². The minimum absolute atomic E-state index is 0.113. The highest BCUT2D eigenvalue weighted by molar-refractivity contribution is 7.89. The summed E-state index contributed by atoms with van der Waals surface area (Å²) in [6.07, 6.45) is 5.17. The van der Waals surface area contributed by atoms with E-state index in [0.29, 0.717) is 18.7 Å². The van der Waals surface area contributed by atoms with Gasteiger partial charge in [0.2, 0.25) is 15.9 Å². The van der Waals surface area contributed by atoms with E-state index in [1.807, 2.05) is 37.3 Å². The average molecular weight is 475 g/mol. The van der Waals surface area contributed by atoms with Crippen LogP contribution in [-0.4, -0.2) is 52.0 Å². The number of rotatable bonds is 10. The number of amides is 1. The minimum atomic E-state index is -3.91. The number of sulfonamides is 1. The van der Waals surface area contributed by atoms with E-state index in [2.05, 4.69) is 5.32 Å². The van der Waals surface area contributed by atoms with Gasteiger partial charge in [-0.25, -0.2) is 8.42 Å². The van der Waals surface area contributed by atoms with Crippen molar-refractivity contribution in [3.05, 3.63) is 53.6 Å². The van der Waals surface area contributed by atoms with Crippen LogP contribution < -0.4 is 14.8 Å². The topological polar surface area (TPSA) is 84.9 Å². The zero-order valence-corrected chi connectivity index (χ0v) is 20.5. The Morgan fingerprint density at radius 2 is 1.73 bits per heavy atom. The Bertz CT molecular complexity index is 1030. The lowest BCUT2D eigenvalue weighted by Crippen LogP contribution is -2.47. The monoisotopic (exact) mass is 474 g/mol. The van der Waals surface area contributed by atoms with Crippen molar-refractivity contribution in [1.29, 1.82) is 0 Å². The predicted octanol–water partition coefficient (Wildman–Crippen LogP) is 3.69. The molecule has 0 spiro atoms. The van der Waals surface area contributed by atoms with E-state index in [9.17, 15) is 13.2 Å². The van der Waals surface area contributed by atoms with Gasteiger partial charge >= 0.3 is 0 Å². The Morgan fingerprint density at radius 1 is 1.03 bits per heavy atom. The van der Waals surface area contributed by atoms with Crippen LogP contribution in [0.4, 0.5) is 0 Å². The highest BCUT2D eigenvalue weighted by Crippen LogP contribution is 2.32. The third kappa shape index (κ3) is 6.48. The van der Waals surface area contributed by atoms with Crippen molar-refractivity contribution in [1.82, 2.24) is 9.62 Å². The fourth-order valence-electron chi connectivity index (χ4n) is 4.23. The molecule has 0 unspecified atom stereocenters. The van der Waals surface area contributed by atoms with E-state index in [1.54, 1.807) is 19.2 Å². The number of nitrogens with zero attached hydrogens (tertiary/aromatic N) is 1. The molecule has 2 aromatic carbocycles. The summed E-state index contributed by atoms with van der Waals surface area (Å²) in [5, 5.41) is 2.89. The maximum atomic E-state index is 13.7. The second-order valence-corrected chi connectivity index (χ2v) is 10.3. The molecule has 1 aliphatic carbocycles. The van der Waals surface area contributed by atoms with Crippen molar-refractivity contribution in [2.75, 3.05) is 27.3 Å². The van der Waals surface area contributed by atoms with Crippen molar-refractivity contribution in [3.8, 4) is 11.5 Å². The number of carbonyl (C=O) groups excluding carboxylic acids is 1. The summed E-state index contributed by atoms with van der Waals surface area (Å²) in [6, 6.07) is 12.6. The molecule has 33 heavy (non-hydrogen) atoms. The molecule has 1 amide bonds. The number of benzene rings is 2. The van der Waals surface area contributed by atoms with E-state index >= 15 is 0 Å². The molecule has 0 heterocycles. The molecule has 0 radical (unpaired) electrons. The summed E-state index contributed by atoms with van der Waals surface area (Å²) in [4.78, 5) is 12.9. The van der Waals surface area contributed by atoms with Gasteiger partial charge in [-0.1, -0.05) is 37.5 Å². The van der Waals surface area contributed by atoms with Crippen LogP contribution >= 0.6 is 0 Å². The number of nitrogens with one attached hydrogen (secondary N) is 1. The molecule has 8 heteroatoms. The van der Waals surface area contributed by atoms with Gasteiger partial charge in [-0.3, -0.25) is 4.79 Å². The molecular formula is C25H34N2O5S. The zero-order valence-electron chi connectivity index (χ0n) is 19.7. The van der Waals surface area contributed by atoms with Crippen molar-refractivity contribution in [2.24, 2.45) is 0 Å². The lowest BCUT2D eigenvalue weighted by Gasteiger charge is -2.33. The van der Waals surface area contributed by atoms with Crippen molar-refractivity contribution >= 4 is 15.9 Å². The highest BCUT2D eigenvalue weighted by Gasteiger charge is 2.35. The zero-order chi connectivity index (χ0) is 23.8.